The number of pyridine rings is 1. The van der Waals surface area contributed by atoms with Crippen LogP contribution in [0.4, 0.5) is 5.69 Å². The van der Waals surface area contributed by atoms with Crippen LogP contribution in [-0.4, -0.2) is 22.6 Å². The van der Waals surface area contributed by atoms with Crippen LogP contribution in [0.1, 0.15) is 17.3 Å². The molecule has 3 aromatic rings. The Morgan fingerprint density at radius 1 is 1.39 bits per heavy atom. The van der Waals surface area contributed by atoms with Gasteiger partial charge in [0.25, 0.3) is 5.91 Å². The van der Waals surface area contributed by atoms with E-state index in [1.165, 1.54) is 0 Å². The Labute approximate surface area is 138 Å². The van der Waals surface area contributed by atoms with E-state index in [1.807, 2.05) is 29.8 Å². The lowest BCUT2D eigenvalue weighted by Gasteiger charge is -2.07. The Bertz CT molecular complexity index is 873. The fourth-order valence-electron chi connectivity index (χ4n) is 2.49. The fraction of sp³-hybridized carbons (Fsp3) is 0.176. The van der Waals surface area contributed by atoms with Gasteiger partial charge in [-0.15, -0.1) is 0 Å². The van der Waals surface area contributed by atoms with Crippen LogP contribution in [0.2, 0.25) is 5.02 Å². The minimum absolute atomic E-state index is 0.198. The third-order valence-corrected chi connectivity index (χ3v) is 3.92. The molecule has 0 atom stereocenters. The predicted molar refractivity (Wildman–Crippen MR) is 91.4 cm³/mol. The van der Waals surface area contributed by atoms with Crippen molar-refractivity contribution in [2.75, 3.05) is 12.4 Å². The lowest BCUT2D eigenvalue weighted by molar-refractivity contribution is 0.102. The van der Waals surface area contributed by atoms with E-state index in [2.05, 4.69) is 10.3 Å². The van der Waals surface area contributed by atoms with Crippen molar-refractivity contribution in [1.82, 2.24) is 9.55 Å². The highest BCUT2D eigenvalue weighted by atomic mass is 35.5. The largest absolute Gasteiger partial charge is 0.495 e. The number of benzene rings is 1. The van der Waals surface area contributed by atoms with Crippen molar-refractivity contribution in [3.63, 3.8) is 0 Å². The average molecular weight is 330 g/mol. The zero-order chi connectivity index (χ0) is 16.4. The number of carbonyl (C=O) groups excluding carboxylic acids is 1. The summed E-state index contributed by atoms with van der Waals surface area (Å²) in [6.07, 6.45) is 3.54. The number of methoxy groups -OCH3 is 1. The summed E-state index contributed by atoms with van der Waals surface area (Å²) in [6, 6.07) is 8.85. The molecule has 0 unspecified atom stereocenters. The smallest absolute Gasteiger partial charge is 0.257 e. The Balaban J connectivity index is 1.93. The van der Waals surface area contributed by atoms with E-state index in [1.54, 1.807) is 31.5 Å². The summed E-state index contributed by atoms with van der Waals surface area (Å²) in [5.74, 6) is 0.368. The summed E-state index contributed by atoms with van der Waals surface area (Å²) in [6.45, 7) is 2.76. The number of aromatic nitrogens is 2. The van der Waals surface area contributed by atoms with Crippen LogP contribution in [0, 0.1) is 0 Å². The maximum Gasteiger partial charge on any atom is 0.257 e. The lowest BCUT2D eigenvalue weighted by Crippen LogP contribution is -2.11. The van der Waals surface area contributed by atoms with Crippen molar-refractivity contribution in [3.8, 4) is 5.75 Å². The van der Waals surface area contributed by atoms with Gasteiger partial charge in [0.2, 0.25) is 0 Å². The van der Waals surface area contributed by atoms with Gasteiger partial charge in [0.15, 0.2) is 0 Å². The number of nitrogens with one attached hydrogen (secondary N) is 1. The number of hydrogen-bond acceptors (Lipinski definition) is 3. The highest BCUT2D eigenvalue weighted by Gasteiger charge is 2.15. The molecular weight excluding hydrogens is 314 g/mol. The van der Waals surface area contributed by atoms with E-state index in [4.69, 9.17) is 16.3 Å². The molecule has 2 heterocycles. The molecule has 2 aromatic heterocycles. The van der Waals surface area contributed by atoms with Crippen molar-refractivity contribution in [3.05, 3.63) is 53.3 Å². The second-order valence-corrected chi connectivity index (χ2v) is 5.41. The van der Waals surface area contributed by atoms with Crippen molar-refractivity contribution in [2.24, 2.45) is 0 Å². The van der Waals surface area contributed by atoms with Gasteiger partial charge in [0.05, 0.1) is 17.7 Å². The van der Waals surface area contributed by atoms with Crippen molar-refractivity contribution >= 4 is 34.2 Å². The molecule has 0 saturated carbocycles. The van der Waals surface area contributed by atoms with Gasteiger partial charge in [-0.1, -0.05) is 11.6 Å². The second kappa shape index (κ2) is 6.30. The summed E-state index contributed by atoms with van der Waals surface area (Å²) in [5, 5.41) is 4.13. The summed E-state index contributed by atoms with van der Waals surface area (Å²) in [4.78, 5) is 16.9. The van der Waals surface area contributed by atoms with E-state index >= 15 is 0 Å². The number of rotatable bonds is 4. The highest BCUT2D eigenvalue weighted by Crippen LogP contribution is 2.28. The first-order valence-electron chi connectivity index (χ1n) is 7.22. The number of ether oxygens (including phenoxy) is 1. The Kier molecular flexibility index (Phi) is 4.21. The number of halogens is 1. The Hall–Kier alpha value is -2.53. The van der Waals surface area contributed by atoms with Crippen LogP contribution in [0.25, 0.3) is 11.0 Å². The summed E-state index contributed by atoms with van der Waals surface area (Å²) < 4.78 is 7.06. The first-order chi connectivity index (χ1) is 11.1. The topological polar surface area (TPSA) is 56.2 Å². The maximum absolute atomic E-state index is 12.6. The third-order valence-electron chi connectivity index (χ3n) is 3.63. The first-order valence-corrected chi connectivity index (χ1v) is 7.60. The molecule has 0 bridgehead atoms. The van der Waals surface area contributed by atoms with Gasteiger partial charge < -0.3 is 14.6 Å². The molecule has 0 fully saturated rings. The lowest BCUT2D eigenvalue weighted by atomic mass is 10.2. The average Bonchev–Trinajstić information content (AvgIpc) is 2.94. The quantitative estimate of drug-likeness (QED) is 0.788. The molecule has 1 N–H and O–H groups in total. The number of carbonyl (C=O) groups is 1. The van der Waals surface area contributed by atoms with Gasteiger partial charge in [-0.05, 0) is 37.3 Å². The minimum Gasteiger partial charge on any atom is -0.495 e. The predicted octanol–water partition coefficient (Wildman–Crippen LogP) is 3.97. The van der Waals surface area contributed by atoms with E-state index < -0.39 is 0 Å². The monoisotopic (exact) mass is 329 g/mol. The molecule has 0 spiro atoms. The van der Waals surface area contributed by atoms with Gasteiger partial charge >= 0.3 is 0 Å². The van der Waals surface area contributed by atoms with Crippen LogP contribution in [0.15, 0.2) is 42.7 Å². The fourth-order valence-corrected chi connectivity index (χ4v) is 2.74. The molecule has 0 radical (unpaired) electrons. The summed E-state index contributed by atoms with van der Waals surface area (Å²) >= 11 is 6.09. The van der Waals surface area contributed by atoms with E-state index in [-0.39, 0.29) is 5.91 Å². The molecule has 6 heteroatoms. The molecule has 23 heavy (non-hydrogen) atoms. The van der Waals surface area contributed by atoms with E-state index in [9.17, 15) is 4.79 Å². The molecule has 0 aliphatic carbocycles. The van der Waals surface area contributed by atoms with Crippen molar-refractivity contribution in [2.45, 2.75) is 13.5 Å². The molecule has 1 aromatic carbocycles. The van der Waals surface area contributed by atoms with Gasteiger partial charge in [0.1, 0.15) is 11.4 Å². The Morgan fingerprint density at radius 2 is 2.22 bits per heavy atom. The van der Waals surface area contributed by atoms with Crippen LogP contribution in [0.3, 0.4) is 0 Å². The first kappa shape index (κ1) is 15.4. The van der Waals surface area contributed by atoms with E-state index in [0.29, 0.717) is 22.0 Å². The number of nitrogens with zero attached hydrogens (tertiary/aromatic N) is 2. The number of anilines is 1. The van der Waals surface area contributed by atoms with Crippen LogP contribution in [-0.2, 0) is 6.54 Å². The molecule has 5 nitrogen and oxygen atoms in total. The SMILES string of the molecule is CCn1cc(C(=O)Nc2ccc(OC)c(Cl)c2)c2cccnc21. The number of fused-ring (bicyclic) bond motifs is 1. The summed E-state index contributed by atoms with van der Waals surface area (Å²) in [7, 11) is 1.55. The maximum atomic E-state index is 12.6. The van der Waals surface area contributed by atoms with Crippen LogP contribution >= 0.6 is 11.6 Å². The Morgan fingerprint density at radius 3 is 2.91 bits per heavy atom. The van der Waals surface area contributed by atoms with Crippen molar-refractivity contribution < 1.29 is 9.53 Å². The zero-order valence-corrected chi connectivity index (χ0v) is 13.6. The van der Waals surface area contributed by atoms with Gasteiger partial charge in [0, 0.05) is 30.0 Å². The highest BCUT2D eigenvalue weighted by molar-refractivity contribution is 6.32. The van der Waals surface area contributed by atoms with Gasteiger partial charge in [-0.2, -0.15) is 0 Å². The van der Waals surface area contributed by atoms with Crippen LogP contribution in [0.5, 0.6) is 5.75 Å². The standard InChI is InChI=1S/C17H16ClN3O2/c1-3-21-10-13(12-5-4-8-19-16(12)21)17(22)20-11-6-7-15(23-2)14(18)9-11/h4-10H,3H2,1-2H3,(H,20,22). The molecule has 3 rings (SSSR count). The molecule has 118 valence electrons. The molecule has 1 amide bonds. The normalized spacial score (nSPS) is 10.7. The molecule has 0 saturated heterocycles. The minimum atomic E-state index is -0.198. The number of aryl methyl sites for hydroxylation is 1. The zero-order valence-electron chi connectivity index (χ0n) is 12.8. The summed E-state index contributed by atoms with van der Waals surface area (Å²) in [5.41, 5.74) is 2.00. The van der Waals surface area contributed by atoms with Gasteiger partial charge in [-0.25, -0.2) is 4.98 Å². The third kappa shape index (κ3) is 2.87. The van der Waals surface area contributed by atoms with Crippen molar-refractivity contribution in [1.29, 1.82) is 0 Å². The molecule has 0 aliphatic rings. The van der Waals surface area contributed by atoms with Crippen LogP contribution < -0.4 is 10.1 Å². The number of amides is 1. The molecular formula is C17H16ClN3O2. The number of hydrogen-bond donors (Lipinski definition) is 1. The second-order valence-electron chi connectivity index (χ2n) is 5.01. The van der Waals surface area contributed by atoms with E-state index in [0.717, 1.165) is 17.6 Å². The molecule has 0 aliphatic heterocycles. The van der Waals surface area contributed by atoms with Gasteiger partial charge in [-0.3, -0.25) is 4.79 Å².